The van der Waals surface area contributed by atoms with Crippen molar-refractivity contribution in [2.45, 2.75) is 43.4 Å². The molecule has 0 radical (unpaired) electrons. The Morgan fingerprint density at radius 2 is 2.03 bits per heavy atom. The number of hydrogen-bond donors (Lipinski definition) is 8. The minimum absolute atomic E-state index is 0.0243. The Kier molecular flexibility index (Phi) is 5.20. The van der Waals surface area contributed by atoms with Gasteiger partial charge in [0.2, 0.25) is 5.78 Å². The first kappa shape index (κ1) is 23.3. The number of hydrogen-bond acceptors (Lipinski definition) is 10. The van der Waals surface area contributed by atoms with Crippen molar-refractivity contribution in [1.29, 1.82) is 5.41 Å². The maximum atomic E-state index is 13.7. The van der Waals surface area contributed by atoms with Gasteiger partial charge in [-0.25, -0.2) is 0 Å². The number of rotatable bonds is 3. The molecule has 5 rings (SSSR count). The van der Waals surface area contributed by atoms with Crippen molar-refractivity contribution in [3.8, 4) is 11.5 Å². The molecule has 11 heteroatoms. The third kappa shape index (κ3) is 2.98. The van der Waals surface area contributed by atoms with E-state index < -0.39 is 58.0 Å². The van der Waals surface area contributed by atoms with E-state index >= 15 is 0 Å². The van der Waals surface area contributed by atoms with Crippen LogP contribution in [0.5, 0.6) is 11.5 Å². The fourth-order valence-electron chi connectivity index (χ4n) is 6.29. The molecule has 0 spiro atoms. The summed E-state index contributed by atoms with van der Waals surface area (Å²) in [5, 5.41) is 55.8. The highest BCUT2D eigenvalue weighted by Crippen LogP contribution is 2.53. The minimum atomic E-state index is -2.57. The SMILES string of the molecule is COc1c([C@@H]2CCCN2)cc(O)c2c1C[C@H]1C[C@H]3[C@H](N)C(O)=C(C(N)=O)C(=N)[C@@]3(O)C(=O)C1=C2O. The molecule has 35 heavy (non-hydrogen) atoms. The molecule has 10 N–H and O–H groups in total. The van der Waals surface area contributed by atoms with Crippen molar-refractivity contribution in [2.75, 3.05) is 13.7 Å². The third-order valence-electron chi connectivity index (χ3n) is 7.93. The monoisotopic (exact) mass is 484 g/mol. The predicted molar refractivity (Wildman–Crippen MR) is 124 cm³/mol. The number of phenolic OH excluding ortho intramolecular Hbond substituents is 1. The topological polar surface area (TPSA) is 212 Å². The van der Waals surface area contributed by atoms with E-state index in [-0.39, 0.29) is 35.8 Å². The van der Waals surface area contributed by atoms with E-state index in [0.717, 1.165) is 24.9 Å². The van der Waals surface area contributed by atoms with E-state index in [1.807, 2.05) is 0 Å². The molecule has 1 aromatic carbocycles. The first-order valence-corrected chi connectivity index (χ1v) is 11.5. The molecule has 0 unspecified atom stereocenters. The smallest absolute Gasteiger partial charge is 0.254 e. The Morgan fingerprint density at radius 3 is 2.63 bits per heavy atom. The lowest BCUT2D eigenvalue weighted by Crippen LogP contribution is -2.66. The predicted octanol–water partition coefficient (Wildman–Crippen LogP) is 0.245. The van der Waals surface area contributed by atoms with Gasteiger partial charge in [0.05, 0.1) is 24.4 Å². The van der Waals surface area contributed by atoms with E-state index in [9.17, 15) is 30.0 Å². The van der Waals surface area contributed by atoms with Gasteiger partial charge in [-0.15, -0.1) is 0 Å². The van der Waals surface area contributed by atoms with Crippen molar-refractivity contribution >= 4 is 23.2 Å². The molecule has 1 heterocycles. The summed E-state index contributed by atoms with van der Waals surface area (Å²) in [5.74, 6) is -4.88. The molecule has 2 fully saturated rings. The normalized spacial score (nSPS) is 32.3. The zero-order valence-corrected chi connectivity index (χ0v) is 19.1. The lowest BCUT2D eigenvalue weighted by Gasteiger charge is -2.49. The quantitative estimate of drug-likeness (QED) is 0.295. The van der Waals surface area contributed by atoms with Crippen LogP contribution in [0.15, 0.2) is 23.0 Å². The standard InChI is InChI=1S/C24H28N4O7/c1-35-20-9(12-3-2-4-28-12)7-13(29)15-10(20)5-8-6-11-17(25)19(31)16(23(27)33)21(26)24(11,34)22(32)14(8)18(15)30/h7-8,11-12,17,26,28-31,34H,2-6,25H2,1H3,(H2,27,33)/t8-,11-,12-,17-,24+/m0/s1. The van der Waals surface area contributed by atoms with Crippen LogP contribution >= 0.6 is 0 Å². The second-order valence-corrected chi connectivity index (χ2v) is 9.65. The summed E-state index contributed by atoms with van der Waals surface area (Å²) in [4.78, 5) is 25.5. The van der Waals surface area contributed by atoms with Gasteiger partial charge < -0.3 is 47.4 Å². The van der Waals surface area contributed by atoms with Gasteiger partial charge in [-0.05, 0) is 44.2 Å². The number of Topliss-reactive ketones (excluding diaryl/α,β-unsaturated/α-hetero) is 1. The zero-order chi connectivity index (χ0) is 25.4. The number of ketones is 1. The Hall–Kier alpha value is -3.41. The van der Waals surface area contributed by atoms with Gasteiger partial charge in [0, 0.05) is 28.7 Å². The fraction of sp³-hybridized carbons (Fsp3) is 0.458. The van der Waals surface area contributed by atoms with Crippen LogP contribution in [0.3, 0.4) is 0 Å². The molecule has 1 amide bonds. The lowest BCUT2D eigenvalue weighted by molar-refractivity contribution is -0.136. The molecule has 11 nitrogen and oxygen atoms in total. The fourth-order valence-corrected chi connectivity index (χ4v) is 6.29. The van der Waals surface area contributed by atoms with Crippen LogP contribution in [0.1, 0.15) is 42.0 Å². The number of nitrogens with two attached hydrogens (primary N) is 2. The molecular weight excluding hydrogens is 456 g/mol. The van der Waals surface area contributed by atoms with Crippen molar-refractivity contribution in [3.63, 3.8) is 0 Å². The number of fused-ring (bicyclic) bond motifs is 3. The van der Waals surface area contributed by atoms with Gasteiger partial charge in [-0.3, -0.25) is 9.59 Å². The molecule has 1 saturated carbocycles. The van der Waals surface area contributed by atoms with Crippen molar-refractivity contribution in [2.24, 2.45) is 23.3 Å². The van der Waals surface area contributed by atoms with Gasteiger partial charge in [-0.2, -0.15) is 0 Å². The number of phenols is 1. The van der Waals surface area contributed by atoms with Crippen LogP contribution in [0.25, 0.3) is 5.76 Å². The van der Waals surface area contributed by atoms with E-state index in [1.54, 1.807) is 0 Å². The molecule has 5 atom stereocenters. The number of nitrogens with one attached hydrogen (secondary N) is 2. The number of aliphatic hydroxyl groups is 3. The Balaban J connectivity index is 1.68. The van der Waals surface area contributed by atoms with Crippen LogP contribution in [0.2, 0.25) is 0 Å². The zero-order valence-electron chi connectivity index (χ0n) is 19.1. The summed E-state index contributed by atoms with van der Waals surface area (Å²) in [6.07, 6.45) is 2.03. The summed E-state index contributed by atoms with van der Waals surface area (Å²) in [6.45, 7) is 0.826. The number of amides is 1. The molecule has 186 valence electrons. The number of primary amides is 1. The molecule has 1 aliphatic heterocycles. The van der Waals surface area contributed by atoms with Gasteiger partial charge in [0.25, 0.3) is 5.91 Å². The van der Waals surface area contributed by atoms with E-state index in [4.69, 9.17) is 21.6 Å². The molecule has 3 aliphatic carbocycles. The van der Waals surface area contributed by atoms with E-state index in [0.29, 0.717) is 11.3 Å². The van der Waals surface area contributed by atoms with Gasteiger partial charge >= 0.3 is 0 Å². The summed E-state index contributed by atoms with van der Waals surface area (Å²) in [6, 6.07) is 0.149. The number of methoxy groups -OCH3 is 1. The number of ether oxygens (including phenoxy) is 1. The number of carbonyl (C=O) groups is 2. The van der Waals surface area contributed by atoms with E-state index in [1.165, 1.54) is 13.2 Å². The van der Waals surface area contributed by atoms with Crippen LogP contribution < -0.4 is 21.5 Å². The number of benzene rings is 1. The molecule has 1 aromatic rings. The van der Waals surface area contributed by atoms with Crippen LogP contribution in [0, 0.1) is 17.2 Å². The second-order valence-electron chi connectivity index (χ2n) is 9.65. The summed E-state index contributed by atoms with van der Waals surface area (Å²) >= 11 is 0. The third-order valence-corrected chi connectivity index (χ3v) is 7.93. The molecule has 1 saturated heterocycles. The first-order valence-electron chi connectivity index (χ1n) is 11.5. The maximum Gasteiger partial charge on any atom is 0.254 e. The van der Waals surface area contributed by atoms with Gasteiger partial charge in [0.1, 0.15) is 28.6 Å². The minimum Gasteiger partial charge on any atom is -0.510 e. The maximum absolute atomic E-state index is 13.7. The number of aromatic hydroxyl groups is 1. The molecule has 4 aliphatic rings. The highest BCUT2D eigenvalue weighted by molar-refractivity contribution is 6.33. The highest BCUT2D eigenvalue weighted by atomic mass is 16.5. The Labute approximate surface area is 200 Å². The average molecular weight is 485 g/mol. The molecular formula is C24H28N4O7. The van der Waals surface area contributed by atoms with Crippen molar-refractivity contribution < 1.29 is 34.8 Å². The Bertz CT molecular complexity index is 1250. The molecule has 0 aromatic heterocycles. The van der Waals surface area contributed by atoms with Crippen LogP contribution in [0.4, 0.5) is 0 Å². The van der Waals surface area contributed by atoms with Crippen molar-refractivity contribution in [1.82, 2.24) is 5.32 Å². The van der Waals surface area contributed by atoms with E-state index in [2.05, 4.69) is 5.32 Å². The first-order chi connectivity index (χ1) is 16.5. The lowest BCUT2D eigenvalue weighted by atomic mass is 9.57. The number of aliphatic hydroxyl groups excluding tert-OH is 2. The van der Waals surface area contributed by atoms with Gasteiger partial charge in [-0.1, -0.05) is 0 Å². The van der Waals surface area contributed by atoms with Crippen LogP contribution in [-0.2, 0) is 16.0 Å². The summed E-state index contributed by atoms with van der Waals surface area (Å²) in [5.41, 5.74) is 8.43. The highest BCUT2D eigenvalue weighted by Gasteiger charge is 2.62. The second kappa shape index (κ2) is 7.80. The summed E-state index contributed by atoms with van der Waals surface area (Å²) < 4.78 is 5.71. The van der Waals surface area contributed by atoms with Crippen molar-refractivity contribution in [3.05, 3.63) is 39.7 Å². The molecule has 0 bridgehead atoms. The van der Waals surface area contributed by atoms with Gasteiger partial charge in [0.15, 0.2) is 5.60 Å². The average Bonchev–Trinajstić information content (AvgIpc) is 3.34. The largest absolute Gasteiger partial charge is 0.510 e. The van der Waals surface area contributed by atoms with Crippen LogP contribution in [-0.4, -0.2) is 63.1 Å². The Morgan fingerprint density at radius 1 is 1.31 bits per heavy atom. The number of carbonyl (C=O) groups excluding carboxylic acids is 2. The summed E-state index contributed by atoms with van der Waals surface area (Å²) in [7, 11) is 1.50.